The van der Waals surface area contributed by atoms with Crippen molar-refractivity contribution in [3.63, 3.8) is 0 Å². The molecule has 17 heavy (non-hydrogen) atoms. The van der Waals surface area contributed by atoms with Crippen LogP contribution in [-0.2, 0) is 0 Å². The average molecular weight is 232 g/mol. The molecule has 0 aliphatic heterocycles. The Morgan fingerprint density at radius 2 is 1.88 bits per heavy atom. The Bertz CT molecular complexity index is 510. The summed E-state index contributed by atoms with van der Waals surface area (Å²) in [7, 11) is 1.68. The van der Waals surface area contributed by atoms with Gasteiger partial charge in [0.1, 0.15) is 0 Å². The molecule has 0 aliphatic rings. The minimum Gasteiger partial charge on any atom is -0.357 e. The maximum Gasteiger partial charge on any atom is 0.224 e. The largest absolute Gasteiger partial charge is 0.357 e. The lowest BCUT2D eigenvalue weighted by Gasteiger charge is -2.07. The fraction of sp³-hybridized carbons (Fsp3) is 0.167. The van der Waals surface area contributed by atoms with Crippen molar-refractivity contribution in [3.8, 4) is 0 Å². The first-order valence-corrected chi connectivity index (χ1v) is 5.23. The lowest BCUT2D eigenvalue weighted by Crippen LogP contribution is -2.02. The molecular weight excluding hydrogens is 219 g/mol. The quantitative estimate of drug-likeness (QED) is 0.854. The first-order valence-electron chi connectivity index (χ1n) is 5.23. The predicted octanol–water partition coefficient (Wildman–Crippen LogP) is 2.71. The van der Waals surface area contributed by atoms with Crippen LogP contribution in [0.5, 0.6) is 0 Å². The number of benzene rings is 1. The molecule has 0 unspecified atom stereocenters. The Labute approximate surface area is 98.9 Å². The van der Waals surface area contributed by atoms with E-state index in [1.807, 2.05) is 31.2 Å². The maximum absolute atomic E-state index is 13.5. The molecule has 2 rings (SSSR count). The van der Waals surface area contributed by atoms with E-state index in [9.17, 15) is 4.39 Å². The fourth-order valence-electron chi connectivity index (χ4n) is 1.35. The zero-order valence-electron chi connectivity index (χ0n) is 9.66. The summed E-state index contributed by atoms with van der Waals surface area (Å²) in [4.78, 5) is 7.78. The Kier molecular flexibility index (Phi) is 3.18. The molecule has 0 saturated heterocycles. The number of nitrogens with zero attached hydrogens (tertiary/aromatic N) is 2. The monoisotopic (exact) mass is 232 g/mol. The van der Waals surface area contributed by atoms with Crippen molar-refractivity contribution in [1.82, 2.24) is 9.97 Å². The molecule has 2 aromatic rings. The number of halogens is 1. The highest BCUT2D eigenvalue weighted by Gasteiger charge is 2.06. The van der Waals surface area contributed by atoms with Gasteiger partial charge < -0.3 is 10.6 Å². The van der Waals surface area contributed by atoms with E-state index >= 15 is 0 Å². The van der Waals surface area contributed by atoms with E-state index < -0.39 is 5.82 Å². The van der Waals surface area contributed by atoms with Crippen LogP contribution in [0.15, 0.2) is 30.5 Å². The van der Waals surface area contributed by atoms with E-state index in [0.29, 0.717) is 5.95 Å². The highest BCUT2D eigenvalue weighted by molar-refractivity contribution is 5.57. The molecule has 0 aliphatic carbocycles. The van der Waals surface area contributed by atoms with Crippen LogP contribution in [0.25, 0.3) is 0 Å². The fourth-order valence-corrected chi connectivity index (χ4v) is 1.35. The summed E-state index contributed by atoms with van der Waals surface area (Å²) in [5.74, 6) is 0.0544. The van der Waals surface area contributed by atoms with E-state index in [2.05, 4.69) is 20.6 Å². The standard InChI is InChI=1S/C12H13FN4/c1-8-3-5-9(6-4-8)16-11-10(13)7-15-12(14-2)17-11/h3-7H,1-2H3,(H2,14,15,16,17). The van der Waals surface area contributed by atoms with E-state index in [0.717, 1.165) is 17.4 Å². The van der Waals surface area contributed by atoms with Crippen LogP contribution in [0.3, 0.4) is 0 Å². The van der Waals surface area contributed by atoms with Gasteiger partial charge in [0, 0.05) is 12.7 Å². The topological polar surface area (TPSA) is 49.8 Å². The predicted molar refractivity (Wildman–Crippen MR) is 66.0 cm³/mol. The number of rotatable bonds is 3. The number of nitrogens with one attached hydrogen (secondary N) is 2. The Morgan fingerprint density at radius 3 is 2.53 bits per heavy atom. The molecule has 0 fully saturated rings. The van der Waals surface area contributed by atoms with Gasteiger partial charge in [-0.3, -0.25) is 0 Å². The van der Waals surface area contributed by atoms with Gasteiger partial charge in [-0.1, -0.05) is 17.7 Å². The van der Waals surface area contributed by atoms with E-state index in [1.54, 1.807) is 7.05 Å². The summed E-state index contributed by atoms with van der Waals surface area (Å²) < 4.78 is 13.5. The molecule has 0 saturated carbocycles. The molecule has 2 N–H and O–H groups in total. The van der Waals surface area contributed by atoms with Crippen molar-refractivity contribution < 1.29 is 4.39 Å². The SMILES string of the molecule is CNc1ncc(F)c(Nc2ccc(C)cc2)n1. The first kappa shape index (κ1) is 11.3. The normalized spacial score (nSPS) is 10.1. The number of anilines is 3. The molecule has 88 valence electrons. The van der Waals surface area contributed by atoms with Crippen molar-refractivity contribution in [2.24, 2.45) is 0 Å². The van der Waals surface area contributed by atoms with Crippen LogP contribution < -0.4 is 10.6 Å². The second kappa shape index (κ2) is 4.78. The second-order valence-electron chi connectivity index (χ2n) is 3.63. The first-order chi connectivity index (χ1) is 8.19. The van der Waals surface area contributed by atoms with Crippen molar-refractivity contribution in [2.45, 2.75) is 6.92 Å². The molecular formula is C12H13FN4. The van der Waals surface area contributed by atoms with Crippen molar-refractivity contribution >= 4 is 17.5 Å². The minimum absolute atomic E-state index is 0.160. The van der Waals surface area contributed by atoms with Crippen molar-refractivity contribution in [3.05, 3.63) is 41.8 Å². The smallest absolute Gasteiger partial charge is 0.224 e. The lowest BCUT2D eigenvalue weighted by atomic mass is 10.2. The third kappa shape index (κ3) is 2.69. The van der Waals surface area contributed by atoms with Gasteiger partial charge in [-0.25, -0.2) is 9.37 Å². The van der Waals surface area contributed by atoms with Gasteiger partial charge in [-0.15, -0.1) is 0 Å². The Balaban J connectivity index is 2.25. The van der Waals surface area contributed by atoms with Crippen LogP contribution in [0.4, 0.5) is 21.8 Å². The summed E-state index contributed by atoms with van der Waals surface area (Å²) in [5.41, 5.74) is 1.94. The third-order valence-electron chi connectivity index (χ3n) is 2.28. The molecule has 1 heterocycles. The third-order valence-corrected chi connectivity index (χ3v) is 2.28. The van der Waals surface area contributed by atoms with E-state index in [-0.39, 0.29) is 5.82 Å². The van der Waals surface area contributed by atoms with E-state index in [4.69, 9.17) is 0 Å². The molecule has 0 bridgehead atoms. The molecule has 1 aromatic carbocycles. The highest BCUT2D eigenvalue weighted by Crippen LogP contribution is 2.18. The van der Waals surface area contributed by atoms with Gasteiger partial charge in [-0.05, 0) is 19.1 Å². The number of hydrogen-bond acceptors (Lipinski definition) is 4. The van der Waals surface area contributed by atoms with Crippen LogP contribution in [0.1, 0.15) is 5.56 Å². The molecule has 1 aromatic heterocycles. The molecule has 4 nitrogen and oxygen atoms in total. The van der Waals surface area contributed by atoms with Gasteiger partial charge >= 0.3 is 0 Å². The average Bonchev–Trinajstić information content (AvgIpc) is 2.35. The van der Waals surface area contributed by atoms with Gasteiger partial charge in [0.25, 0.3) is 0 Å². The van der Waals surface area contributed by atoms with Gasteiger partial charge in [0.15, 0.2) is 11.6 Å². The van der Waals surface area contributed by atoms with E-state index in [1.165, 1.54) is 0 Å². The number of hydrogen-bond donors (Lipinski definition) is 2. The Hall–Kier alpha value is -2.17. The summed E-state index contributed by atoms with van der Waals surface area (Å²) >= 11 is 0. The summed E-state index contributed by atoms with van der Waals surface area (Å²) in [6.45, 7) is 1.99. The van der Waals surface area contributed by atoms with Gasteiger partial charge in [0.2, 0.25) is 5.95 Å². The van der Waals surface area contributed by atoms with Crippen LogP contribution in [0, 0.1) is 12.7 Å². The van der Waals surface area contributed by atoms with Crippen molar-refractivity contribution in [1.29, 1.82) is 0 Å². The number of aryl methyl sites for hydroxylation is 1. The lowest BCUT2D eigenvalue weighted by molar-refractivity contribution is 0.619. The molecule has 0 amide bonds. The zero-order chi connectivity index (χ0) is 12.3. The molecule has 0 spiro atoms. The summed E-state index contributed by atoms with van der Waals surface area (Å²) in [5, 5.41) is 5.67. The summed E-state index contributed by atoms with van der Waals surface area (Å²) in [6.07, 6.45) is 1.13. The second-order valence-corrected chi connectivity index (χ2v) is 3.63. The minimum atomic E-state index is -0.482. The van der Waals surface area contributed by atoms with Crippen molar-refractivity contribution in [2.75, 3.05) is 17.7 Å². The van der Waals surface area contributed by atoms with Crippen LogP contribution in [0.2, 0.25) is 0 Å². The van der Waals surface area contributed by atoms with Crippen LogP contribution in [-0.4, -0.2) is 17.0 Å². The zero-order valence-corrected chi connectivity index (χ0v) is 9.66. The molecule has 5 heteroatoms. The maximum atomic E-state index is 13.5. The number of aromatic nitrogens is 2. The van der Waals surface area contributed by atoms with Crippen LogP contribution >= 0.6 is 0 Å². The van der Waals surface area contributed by atoms with Gasteiger partial charge in [-0.2, -0.15) is 4.98 Å². The highest BCUT2D eigenvalue weighted by atomic mass is 19.1. The molecule has 0 radical (unpaired) electrons. The molecule has 0 atom stereocenters. The summed E-state index contributed by atoms with van der Waals surface area (Å²) in [6, 6.07) is 7.63. The Morgan fingerprint density at radius 1 is 1.18 bits per heavy atom. The van der Waals surface area contributed by atoms with Gasteiger partial charge in [0.05, 0.1) is 6.20 Å².